The van der Waals surface area contributed by atoms with Crippen molar-refractivity contribution in [3.63, 3.8) is 0 Å². The molecule has 0 heterocycles. The minimum Gasteiger partial charge on any atom is -0.325 e. The van der Waals surface area contributed by atoms with E-state index >= 15 is 0 Å². The van der Waals surface area contributed by atoms with Gasteiger partial charge in [-0.05, 0) is 36.1 Å². The number of hydrogen-bond donors (Lipinski definition) is 1. The quantitative estimate of drug-likeness (QED) is 0.855. The number of amides is 1. The highest BCUT2D eigenvalue weighted by Gasteiger charge is 2.24. The summed E-state index contributed by atoms with van der Waals surface area (Å²) >= 11 is 0. The Kier molecular flexibility index (Phi) is 5.45. The van der Waals surface area contributed by atoms with E-state index in [4.69, 9.17) is 10.7 Å². The van der Waals surface area contributed by atoms with Gasteiger partial charge in [0.2, 0.25) is 5.91 Å². The van der Waals surface area contributed by atoms with E-state index in [2.05, 4.69) is 5.32 Å². The van der Waals surface area contributed by atoms with Crippen LogP contribution in [0.4, 0.5) is 5.69 Å². The number of nitrogens with one attached hydrogen (secondary N) is 1. The zero-order valence-corrected chi connectivity index (χ0v) is 14.7. The molecule has 0 aliphatic carbocycles. The Labute approximate surface area is 131 Å². The van der Waals surface area contributed by atoms with Crippen LogP contribution in [0.2, 0.25) is 0 Å². The minimum atomic E-state index is -3.78. The third-order valence-corrected chi connectivity index (χ3v) is 4.57. The second-order valence-corrected chi connectivity index (χ2v) is 8.53. The molecule has 0 spiro atoms. The number of aryl methyl sites for hydroxylation is 2. The van der Waals surface area contributed by atoms with Crippen molar-refractivity contribution in [2.75, 3.05) is 5.32 Å². The number of carbonyl (C=O) groups excluding carboxylic acids is 1. The van der Waals surface area contributed by atoms with Crippen LogP contribution in [0.25, 0.3) is 0 Å². The number of carbonyl (C=O) groups is 1. The van der Waals surface area contributed by atoms with E-state index in [1.807, 2.05) is 34.6 Å². The first-order valence-electron chi connectivity index (χ1n) is 6.92. The molecule has 0 aliphatic rings. The van der Waals surface area contributed by atoms with E-state index in [9.17, 15) is 13.2 Å². The van der Waals surface area contributed by atoms with Gasteiger partial charge in [0.15, 0.2) is 0 Å². The Hall–Kier alpha value is -1.07. The number of benzene rings is 1. The summed E-state index contributed by atoms with van der Waals surface area (Å²) in [6, 6.07) is 3.06. The fourth-order valence-corrected chi connectivity index (χ4v) is 2.73. The summed E-state index contributed by atoms with van der Waals surface area (Å²) in [7, 11) is 1.65. The van der Waals surface area contributed by atoms with Gasteiger partial charge < -0.3 is 5.32 Å². The molecule has 1 aromatic rings. The fourth-order valence-electron chi connectivity index (χ4n) is 1.90. The summed E-state index contributed by atoms with van der Waals surface area (Å²) in [5, 5.41) is 2.92. The predicted molar refractivity (Wildman–Crippen MR) is 86.3 cm³/mol. The lowest BCUT2D eigenvalue weighted by molar-refractivity contribution is -0.123. The van der Waals surface area contributed by atoms with Gasteiger partial charge in [-0.3, -0.25) is 4.79 Å². The lowest BCUT2D eigenvalue weighted by Crippen LogP contribution is -2.28. The van der Waals surface area contributed by atoms with E-state index in [1.54, 1.807) is 0 Å². The molecule has 0 bridgehead atoms. The van der Waals surface area contributed by atoms with E-state index in [1.165, 1.54) is 12.1 Å². The Morgan fingerprint density at radius 3 is 1.86 bits per heavy atom. The van der Waals surface area contributed by atoms with Crippen LogP contribution in [0.15, 0.2) is 17.0 Å². The molecule has 0 radical (unpaired) electrons. The summed E-state index contributed by atoms with van der Waals surface area (Å²) in [5.41, 5.74) is 1.72. The first-order chi connectivity index (χ1) is 9.50. The van der Waals surface area contributed by atoms with Crippen molar-refractivity contribution in [3.8, 4) is 0 Å². The summed E-state index contributed by atoms with van der Waals surface area (Å²) in [5.74, 6) is -0.103. The van der Waals surface area contributed by atoms with Crippen molar-refractivity contribution in [1.82, 2.24) is 0 Å². The maximum absolute atomic E-state index is 12.2. The normalized spacial score (nSPS) is 12.3. The van der Waals surface area contributed by atoms with Crippen LogP contribution in [-0.4, -0.2) is 14.3 Å². The van der Waals surface area contributed by atoms with Gasteiger partial charge in [-0.1, -0.05) is 34.6 Å². The van der Waals surface area contributed by atoms with Crippen molar-refractivity contribution < 1.29 is 13.2 Å². The summed E-state index contributed by atoms with van der Waals surface area (Å²) in [6.07, 6.45) is 1.21. The molecule has 118 valence electrons. The van der Waals surface area contributed by atoms with E-state index in [-0.39, 0.29) is 10.8 Å². The molecule has 0 atom stereocenters. The van der Waals surface area contributed by atoms with Crippen LogP contribution in [0.5, 0.6) is 0 Å². The van der Waals surface area contributed by atoms with Crippen LogP contribution >= 0.6 is 10.7 Å². The largest absolute Gasteiger partial charge is 0.325 e. The lowest BCUT2D eigenvalue weighted by atomic mass is 9.94. The maximum atomic E-state index is 12.2. The number of rotatable bonds is 4. The van der Waals surface area contributed by atoms with E-state index in [0.29, 0.717) is 18.5 Å². The highest BCUT2D eigenvalue weighted by atomic mass is 35.7. The molecular formula is C15H22ClNO3S. The third kappa shape index (κ3) is 4.45. The van der Waals surface area contributed by atoms with Crippen molar-refractivity contribution in [2.45, 2.75) is 52.4 Å². The standard InChI is InChI=1S/C15H22ClNO3S/c1-6-10-8-12(21(16,19)20)9-11(7-2)13(10)17-14(18)15(3,4)5/h8-9H,6-7H2,1-5H3,(H,17,18). The van der Waals surface area contributed by atoms with E-state index < -0.39 is 14.5 Å². The van der Waals surface area contributed by atoms with Crippen molar-refractivity contribution in [3.05, 3.63) is 23.3 Å². The number of anilines is 1. The summed E-state index contributed by atoms with van der Waals surface area (Å²) < 4.78 is 23.1. The topological polar surface area (TPSA) is 63.2 Å². The monoisotopic (exact) mass is 331 g/mol. The third-order valence-electron chi connectivity index (χ3n) is 3.24. The predicted octanol–water partition coefficient (Wildman–Crippen LogP) is 3.72. The molecule has 0 aromatic heterocycles. The Morgan fingerprint density at radius 1 is 1.14 bits per heavy atom. The molecule has 0 unspecified atom stereocenters. The van der Waals surface area contributed by atoms with Crippen LogP contribution in [-0.2, 0) is 26.7 Å². The van der Waals surface area contributed by atoms with Crippen molar-refractivity contribution >= 4 is 31.3 Å². The number of hydrogen-bond acceptors (Lipinski definition) is 3. The Balaban J connectivity index is 3.42. The van der Waals surface area contributed by atoms with Crippen LogP contribution in [0, 0.1) is 5.41 Å². The molecular weight excluding hydrogens is 310 g/mol. The first-order valence-corrected chi connectivity index (χ1v) is 9.23. The fraction of sp³-hybridized carbons (Fsp3) is 0.533. The Morgan fingerprint density at radius 2 is 1.57 bits per heavy atom. The van der Waals surface area contributed by atoms with Gasteiger partial charge in [0, 0.05) is 21.8 Å². The van der Waals surface area contributed by atoms with Gasteiger partial charge >= 0.3 is 0 Å². The van der Waals surface area contributed by atoms with Gasteiger partial charge in [-0.15, -0.1) is 0 Å². The smallest absolute Gasteiger partial charge is 0.261 e. The minimum absolute atomic E-state index is 0.0756. The van der Waals surface area contributed by atoms with Crippen molar-refractivity contribution in [2.24, 2.45) is 5.41 Å². The molecule has 21 heavy (non-hydrogen) atoms. The second-order valence-electron chi connectivity index (χ2n) is 5.97. The van der Waals surface area contributed by atoms with Gasteiger partial charge in [-0.2, -0.15) is 0 Å². The summed E-state index contributed by atoms with van der Waals surface area (Å²) in [6.45, 7) is 9.31. The van der Waals surface area contributed by atoms with Crippen LogP contribution in [0.3, 0.4) is 0 Å². The van der Waals surface area contributed by atoms with Crippen LogP contribution < -0.4 is 5.32 Å². The van der Waals surface area contributed by atoms with Crippen molar-refractivity contribution in [1.29, 1.82) is 0 Å². The SMILES string of the molecule is CCc1cc(S(=O)(=O)Cl)cc(CC)c1NC(=O)C(C)(C)C. The average molecular weight is 332 g/mol. The maximum Gasteiger partial charge on any atom is 0.261 e. The molecule has 4 nitrogen and oxygen atoms in total. The van der Waals surface area contributed by atoms with Crippen LogP contribution in [0.1, 0.15) is 45.7 Å². The molecule has 0 saturated carbocycles. The molecule has 1 rings (SSSR count). The lowest BCUT2D eigenvalue weighted by Gasteiger charge is -2.21. The Bertz CT molecular complexity index is 620. The highest BCUT2D eigenvalue weighted by Crippen LogP contribution is 2.30. The van der Waals surface area contributed by atoms with Gasteiger partial charge in [0.1, 0.15) is 0 Å². The first kappa shape index (κ1) is 18.0. The zero-order valence-electron chi connectivity index (χ0n) is 13.1. The number of halogens is 1. The van der Waals surface area contributed by atoms with Gasteiger partial charge in [-0.25, -0.2) is 8.42 Å². The van der Waals surface area contributed by atoms with Gasteiger partial charge in [0.05, 0.1) is 4.90 Å². The average Bonchev–Trinajstić information content (AvgIpc) is 2.36. The molecule has 1 N–H and O–H groups in total. The summed E-state index contributed by atoms with van der Waals surface area (Å²) in [4.78, 5) is 12.3. The molecule has 6 heteroatoms. The highest BCUT2D eigenvalue weighted by molar-refractivity contribution is 8.13. The second kappa shape index (κ2) is 6.36. The molecule has 0 fully saturated rings. The molecule has 0 saturated heterocycles. The van der Waals surface area contributed by atoms with Gasteiger partial charge in [0.25, 0.3) is 9.05 Å². The molecule has 0 aliphatic heterocycles. The molecule has 1 amide bonds. The zero-order chi connectivity index (χ0) is 16.4. The van der Waals surface area contributed by atoms with E-state index in [0.717, 1.165) is 11.1 Å². The molecule has 1 aromatic carbocycles.